The maximum absolute atomic E-state index is 10.6. The maximum atomic E-state index is 10.6. The maximum Gasteiger partial charge on any atom is 0.271 e. The van der Waals surface area contributed by atoms with Gasteiger partial charge < -0.3 is 10.2 Å². The van der Waals surface area contributed by atoms with Gasteiger partial charge in [-0.1, -0.05) is 18.5 Å². The first-order valence-corrected chi connectivity index (χ1v) is 7.34. The highest BCUT2D eigenvalue weighted by molar-refractivity contribution is 6.33. The number of benzene rings is 1. The first kappa shape index (κ1) is 15.1. The predicted molar refractivity (Wildman–Crippen MR) is 81.4 cm³/mol. The molecule has 1 aromatic rings. The topological polar surface area (TPSA) is 58.4 Å². The Balaban J connectivity index is 1.83. The van der Waals surface area contributed by atoms with Crippen LogP contribution < -0.4 is 5.32 Å². The van der Waals surface area contributed by atoms with E-state index < -0.39 is 4.92 Å². The average molecular weight is 298 g/mol. The van der Waals surface area contributed by atoms with Crippen molar-refractivity contribution >= 4 is 23.0 Å². The molecule has 2 rings (SSSR count). The number of nitrogens with zero attached hydrogens (tertiary/aromatic N) is 2. The molecule has 0 bridgehead atoms. The quantitative estimate of drug-likeness (QED) is 0.668. The smallest absolute Gasteiger partial charge is 0.271 e. The van der Waals surface area contributed by atoms with Crippen LogP contribution >= 0.6 is 11.6 Å². The van der Waals surface area contributed by atoms with Crippen LogP contribution in [0.4, 0.5) is 11.4 Å². The lowest BCUT2D eigenvalue weighted by molar-refractivity contribution is -0.384. The molecule has 6 heteroatoms. The largest absolute Gasteiger partial charge is 0.383 e. The molecule has 0 spiro atoms. The average Bonchev–Trinajstić information content (AvgIpc) is 2.40. The van der Waals surface area contributed by atoms with Crippen LogP contribution in [-0.2, 0) is 0 Å². The second-order valence-electron chi connectivity index (χ2n) is 5.40. The normalized spacial score (nSPS) is 19.8. The van der Waals surface area contributed by atoms with Gasteiger partial charge in [-0.05, 0) is 31.4 Å². The van der Waals surface area contributed by atoms with Gasteiger partial charge in [-0.3, -0.25) is 10.1 Å². The van der Waals surface area contributed by atoms with Gasteiger partial charge >= 0.3 is 0 Å². The number of hydrogen-bond donors (Lipinski definition) is 1. The number of rotatable bonds is 5. The monoisotopic (exact) mass is 297 g/mol. The van der Waals surface area contributed by atoms with E-state index in [1.807, 2.05) is 0 Å². The molecule has 110 valence electrons. The molecule has 0 aliphatic carbocycles. The van der Waals surface area contributed by atoms with E-state index in [4.69, 9.17) is 11.6 Å². The van der Waals surface area contributed by atoms with Crippen LogP contribution in [0, 0.1) is 16.0 Å². The summed E-state index contributed by atoms with van der Waals surface area (Å²) in [5, 5.41) is 14.3. The molecule has 1 heterocycles. The second-order valence-corrected chi connectivity index (χ2v) is 5.80. The molecule has 1 fully saturated rings. The standard InChI is InChI=1S/C14H20ClN3O2/c1-11-3-2-7-17(10-11)8-6-16-14-5-4-12(18(19)20)9-13(14)15/h4-5,9,11,16H,2-3,6-8,10H2,1H3. The van der Waals surface area contributed by atoms with E-state index in [2.05, 4.69) is 17.1 Å². The molecule has 1 saturated heterocycles. The molecule has 5 nitrogen and oxygen atoms in total. The zero-order chi connectivity index (χ0) is 14.5. The van der Waals surface area contributed by atoms with Crippen LogP contribution in [0.2, 0.25) is 5.02 Å². The number of anilines is 1. The van der Waals surface area contributed by atoms with Crippen molar-refractivity contribution in [3.8, 4) is 0 Å². The molecule has 20 heavy (non-hydrogen) atoms. The lowest BCUT2D eigenvalue weighted by atomic mass is 10.0. The molecule has 0 amide bonds. The highest BCUT2D eigenvalue weighted by atomic mass is 35.5. The minimum atomic E-state index is -0.440. The number of nitrogens with one attached hydrogen (secondary N) is 1. The van der Waals surface area contributed by atoms with Crippen molar-refractivity contribution in [2.24, 2.45) is 5.92 Å². The number of hydrogen-bond acceptors (Lipinski definition) is 4. The van der Waals surface area contributed by atoms with Gasteiger partial charge in [-0.2, -0.15) is 0 Å². The highest BCUT2D eigenvalue weighted by Gasteiger charge is 2.15. The number of nitro benzene ring substituents is 1. The van der Waals surface area contributed by atoms with E-state index in [0.29, 0.717) is 5.02 Å². The van der Waals surface area contributed by atoms with Crippen LogP contribution in [0.25, 0.3) is 0 Å². The summed E-state index contributed by atoms with van der Waals surface area (Å²) < 4.78 is 0. The Labute approximate surface area is 124 Å². The van der Waals surface area contributed by atoms with Gasteiger partial charge in [0.1, 0.15) is 0 Å². The third-order valence-corrected chi connectivity index (χ3v) is 3.96. The number of non-ortho nitro benzene ring substituents is 1. The van der Waals surface area contributed by atoms with E-state index in [-0.39, 0.29) is 5.69 Å². The first-order valence-electron chi connectivity index (χ1n) is 6.96. The predicted octanol–water partition coefficient (Wildman–Crippen LogP) is 3.39. The lowest BCUT2D eigenvalue weighted by Crippen LogP contribution is -2.37. The van der Waals surface area contributed by atoms with Crippen molar-refractivity contribution in [1.29, 1.82) is 0 Å². The van der Waals surface area contributed by atoms with Crippen LogP contribution in [0.1, 0.15) is 19.8 Å². The van der Waals surface area contributed by atoms with Gasteiger partial charge in [0, 0.05) is 31.8 Å². The first-order chi connectivity index (χ1) is 9.56. The Morgan fingerprint density at radius 2 is 2.35 bits per heavy atom. The molecule has 1 aliphatic heterocycles. The fraction of sp³-hybridized carbons (Fsp3) is 0.571. The minimum absolute atomic E-state index is 0.0189. The second kappa shape index (κ2) is 6.90. The summed E-state index contributed by atoms with van der Waals surface area (Å²) >= 11 is 6.04. The Bertz CT molecular complexity index is 481. The molecule has 1 unspecified atom stereocenters. The number of nitro groups is 1. The Morgan fingerprint density at radius 3 is 3.00 bits per heavy atom. The van der Waals surface area contributed by atoms with Gasteiger partial charge in [0.15, 0.2) is 0 Å². The summed E-state index contributed by atoms with van der Waals surface area (Å²) in [5.74, 6) is 0.770. The van der Waals surface area contributed by atoms with Gasteiger partial charge in [-0.15, -0.1) is 0 Å². The van der Waals surface area contributed by atoms with Crippen molar-refractivity contribution in [1.82, 2.24) is 4.90 Å². The zero-order valence-electron chi connectivity index (χ0n) is 11.6. The molecular formula is C14H20ClN3O2. The van der Waals surface area contributed by atoms with E-state index in [9.17, 15) is 10.1 Å². The van der Waals surface area contributed by atoms with Gasteiger partial charge in [-0.25, -0.2) is 0 Å². The summed E-state index contributed by atoms with van der Waals surface area (Å²) in [5.41, 5.74) is 0.771. The molecule has 0 saturated carbocycles. The molecule has 1 aromatic carbocycles. The summed E-state index contributed by atoms with van der Waals surface area (Å²) in [6.45, 7) is 6.35. The van der Waals surface area contributed by atoms with Crippen molar-refractivity contribution < 1.29 is 4.92 Å². The van der Waals surface area contributed by atoms with E-state index in [1.54, 1.807) is 6.07 Å². The Kier molecular flexibility index (Phi) is 5.20. The number of piperidine rings is 1. The minimum Gasteiger partial charge on any atom is -0.383 e. The van der Waals surface area contributed by atoms with Crippen molar-refractivity contribution in [2.75, 3.05) is 31.5 Å². The third kappa shape index (κ3) is 4.08. The molecular weight excluding hydrogens is 278 g/mol. The molecule has 0 aromatic heterocycles. The van der Waals surface area contributed by atoms with Gasteiger partial charge in [0.05, 0.1) is 15.6 Å². The number of likely N-dealkylation sites (tertiary alicyclic amines) is 1. The van der Waals surface area contributed by atoms with Gasteiger partial charge in [0.2, 0.25) is 0 Å². The summed E-state index contributed by atoms with van der Waals surface area (Å²) in [7, 11) is 0. The fourth-order valence-corrected chi connectivity index (χ4v) is 2.84. The van der Waals surface area contributed by atoms with E-state index in [0.717, 1.165) is 37.8 Å². The molecule has 1 atom stereocenters. The summed E-state index contributed by atoms with van der Waals surface area (Å²) in [6, 6.07) is 4.52. The molecule has 0 radical (unpaired) electrons. The molecule has 1 aliphatic rings. The molecule has 1 N–H and O–H groups in total. The van der Waals surface area contributed by atoms with Gasteiger partial charge in [0.25, 0.3) is 5.69 Å². The SMILES string of the molecule is CC1CCCN(CCNc2ccc([N+](=O)[O-])cc2Cl)C1. The fourth-order valence-electron chi connectivity index (χ4n) is 2.60. The summed E-state index contributed by atoms with van der Waals surface area (Å²) in [6.07, 6.45) is 2.58. The van der Waals surface area contributed by atoms with Crippen molar-refractivity contribution in [3.63, 3.8) is 0 Å². The van der Waals surface area contributed by atoms with Crippen molar-refractivity contribution in [2.45, 2.75) is 19.8 Å². The Hall–Kier alpha value is -1.33. The highest BCUT2D eigenvalue weighted by Crippen LogP contribution is 2.26. The van der Waals surface area contributed by atoms with E-state index in [1.165, 1.54) is 25.0 Å². The van der Waals surface area contributed by atoms with Crippen LogP contribution in [-0.4, -0.2) is 36.0 Å². The Morgan fingerprint density at radius 1 is 1.55 bits per heavy atom. The van der Waals surface area contributed by atoms with Crippen LogP contribution in [0.3, 0.4) is 0 Å². The summed E-state index contributed by atoms with van der Waals surface area (Å²) in [4.78, 5) is 12.6. The third-order valence-electron chi connectivity index (χ3n) is 3.65. The van der Waals surface area contributed by atoms with Crippen molar-refractivity contribution in [3.05, 3.63) is 33.3 Å². The zero-order valence-corrected chi connectivity index (χ0v) is 12.4. The van der Waals surface area contributed by atoms with Crippen LogP contribution in [0.5, 0.6) is 0 Å². The van der Waals surface area contributed by atoms with Crippen LogP contribution in [0.15, 0.2) is 18.2 Å². The van der Waals surface area contributed by atoms with E-state index >= 15 is 0 Å². The lowest BCUT2D eigenvalue weighted by Gasteiger charge is -2.30. The number of halogens is 1.